The molecule has 0 unspecified atom stereocenters. The molecular weight excluding hydrogens is 282 g/mol. The first-order valence-electron chi connectivity index (χ1n) is 7.64. The number of carbonyl (C=O) groups excluding carboxylic acids is 2. The Morgan fingerprint density at radius 2 is 1.91 bits per heavy atom. The minimum Gasteiger partial charge on any atom is -0.361 e. The Morgan fingerprint density at radius 3 is 2.36 bits per heavy atom. The van der Waals surface area contributed by atoms with E-state index in [2.05, 4.69) is 10.5 Å². The molecule has 0 aromatic carbocycles. The van der Waals surface area contributed by atoms with Crippen LogP contribution in [0.4, 0.5) is 0 Å². The number of rotatable bonds is 6. The van der Waals surface area contributed by atoms with Crippen LogP contribution >= 0.6 is 0 Å². The summed E-state index contributed by atoms with van der Waals surface area (Å²) in [5.41, 5.74) is 1.50. The molecule has 1 heterocycles. The van der Waals surface area contributed by atoms with E-state index in [1.807, 2.05) is 41.5 Å². The van der Waals surface area contributed by atoms with Crippen molar-refractivity contribution in [3.05, 3.63) is 17.0 Å². The average molecular weight is 309 g/mol. The van der Waals surface area contributed by atoms with E-state index in [0.717, 1.165) is 17.0 Å². The quantitative estimate of drug-likeness (QED) is 0.872. The van der Waals surface area contributed by atoms with Gasteiger partial charge in [-0.15, -0.1) is 0 Å². The van der Waals surface area contributed by atoms with Crippen LogP contribution in [0.2, 0.25) is 0 Å². The number of nitrogens with zero attached hydrogens (tertiary/aromatic N) is 2. The molecule has 22 heavy (non-hydrogen) atoms. The van der Waals surface area contributed by atoms with Gasteiger partial charge in [-0.3, -0.25) is 9.59 Å². The van der Waals surface area contributed by atoms with E-state index < -0.39 is 0 Å². The van der Waals surface area contributed by atoms with E-state index in [-0.39, 0.29) is 23.9 Å². The normalized spacial score (nSPS) is 11.4. The number of hydrogen-bond acceptors (Lipinski definition) is 4. The molecular formula is C16H27N3O3. The van der Waals surface area contributed by atoms with Crippen molar-refractivity contribution in [2.24, 2.45) is 0 Å². The summed E-state index contributed by atoms with van der Waals surface area (Å²) >= 11 is 0. The van der Waals surface area contributed by atoms with Crippen molar-refractivity contribution in [2.75, 3.05) is 13.1 Å². The number of aromatic nitrogens is 1. The highest BCUT2D eigenvalue weighted by molar-refractivity contribution is 5.85. The molecule has 6 heteroatoms. The van der Waals surface area contributed by atoms with Gasteiger partial charge in [0.1, 0.15) is 5.76 Å². The number of carbonyl (C=O) groups is 2. The Labute approximate surface area is 132 Å². The first kappa shape index (κ1) is 18.2. The van der Waals surface area contributed by atoms with Crippen LogP contribution in [0.15, 0.2) is 4.52 Å². The third-order valence-corrected chi connectivity index (χ3v) is 3.35. The summed E-state index contributed by atoms with van der Waals surface area (Å²) in [6.07, 6.45) is 0.928. The number of likely N-dealkylation sites (N-methyl/N-ethyl adjacent to an activating group) is 1. The lowest BCUT2D eigenvalue weighted by atomic mass is 10.1. The first-order chi connectivity index (χ1) is 10.1. The van der Waals surface area contributed by atoms with E-state index in [0.29, 0.717) is 19.4 Å². The second-order valence-electron chi connectivity index (χ2n) is 6.51. The summed E-state index contributed by atoms with van der Waals surface area (Å²) in [7, 11) is 0. The van der Waals surface area contributed by atoms with E-state index in [9.17, 15) is 9.59 Å². The fourth-order valence-electron chi connectivity index (χ4n) is 2.26. The second-order valence-corrected chi connectivity index (χ2v) is 6.51. The van der Waals surface area contributed by atoms with Crippen LogP contribution in [0.3, 0.4) is 0 Å². The zero-order chi connectivity index (χ0) is 16.9. The molecule has 1 aromatic rings. The van der Waals surface area contributed by atoms with Gasteiger partial charge in [-0.05, 0) is 48.0 Å². The molecule has 1 N–H and O–H groups in total. The molecule has 0 saturated carbocycles. The molecule has 0 aliphatic heterocycles. The van der Waals surface area contributed by atoms with Gasteiger partial charge in [0.05, 0.1) is 12.2 Å². The van der Waals surface area contributed by atoms with E-state index >= 15 is 0 Å². The van der Waals surface area contributed by atoms with Crippen molar-refractivity contribution in [3.63, 3.8) is 0 Å². The van der Waals surface area contributed by atoms with Crippen LogP contribution < -0.4 is 5.32 Å². The number of hydrogen-bond donors (Lipinski definition) is 1. The van der Waals surface area contributed by atoms with Crippen molar-refractivity contribution in [1.82, 2.24) is 15.4 Å². The Kier molecular flexibility index (Phi) is 6.14. The molecule has 124 valence electrons. The van der Waals surface area contributed by atoms with Gasteiger partial charge in [0, 0.05) is 24.1 Å². The van der Waals surface area contributed by atoms with Crippen molar-refractivity contribution >= 4 is 11.8 Å². The van der Waals surface area contributed by atoms with Gasteiger partial charge in [-0.1, -0.05) is 5.16 Å². The van der Waals surface area contributed by atoms with Gasteiger partial charge >= 0.3 is 0 Å². The fourth-order valence-corrected chi connectivity index (χ4v) is 2.26. The maximum atomic E-state index is 12.3. The molecule has 0 aliphatic carbocycles. The van der Waals surface area contributed by atoms with Crippen LogP contribution in [0, 0.1) is 13.8 Å². The Balaban J connectivity index is 2.56. The lowest BCUT2D eigenvalue weighted by molar-refractivity contribution is -0.136. The lowest BCUT2D eigenvalue weighted by Crippen LogP contribution is -2.47. The van der Waals surface area contributed by atoms with Crippen molar-refractivity contribution in [3.8, 4) is 0 Å². The van der Waals surface area contributed by atoms with Crippen LogP contribution in [0.1, 0.15) is 51.1 Å². The zero-order valence-corrected chi connectivity index (χ0v) is 14.4. The molecule has 0 fully saturated rings. The highest BCUT2D eigenvalue weighted by atomic mass is 16.5. The maximum Gasteiger partial charge on any atom is 0.240 e. The van der Waals surface area contributed by atoms with Crippen molar-refractivity contribution < 1.29 is 14.1 Å². The predicted octanol–water partition coefficient (Wildman–Crippen LogP) is 1.99. The second kappa shape index (κ2) is 7.42. The zero-order valence-electron chi connectivity index (χ0n) is 14.4. The summed E-state index contributed by atoms with van der Waals surface area (Å²) in [5, 5.41) is 6.75. The Bertz CT molecular complexity index is 510. The minimum absolute atomic E-state index is 0.0356. The first-order valence-corrected chi connectivity index (χ1v) is 7.64. The standard InChI is InChI=1S/C16H27N3O3/c1-7-19(10-14(20)17-16(4,5)6)15(21)9-8-13-11(2)18-22-12(13)3/h7-10H2,1-6H3,(H,17,20). The summed E-state index contributed by atoms with van der Waals surface area (Å²) < 4.78 is 5.09. The molecule has 0 radical (unpaired) electrons. The van der Waals surface area contributed by atoms with Crippen LogP contribution in [-0.4, -0.2) is 40.5 Å². The molecule has 6 nitrogen and oxygen atoms in total. The van der Waals surface area contributed by atoms with E-state index in [4.69, 9.17) is 4.52 Å². The highest BCUT2D eigenvalue weighted by Gasteiger charge is 2.20. The number of amides is 2. The van der Waals surface area contributed by atoms with Crippen molar-refractivity contribution in [1.29, 1.82) is 0 Å². The minimum atomic E-state index is -0.295. The Hall–Kier alpha value is -1.85. The molecule has 2 amide bonds. The van der Waals surface area contributed by atoms with Crippen LogP contribution in [0.5, 0.6) is 0 Å². The van der Waals surface area contributed by atoms with Gasteiger partial charge in [0.25, 0.3) is 0 Å². The molecule has 0 spiro atoms. The largest absolute Gasteiger partial charge is 0.361 e. The molecule has 0 bridgehead atoms. The lowest BCUT2D eigenvalue weighted by Gasteiger charge is -2.25. The summed E-state index contributed by atoms with van der Waals surface area (Å²) in [4.78, 5) is 25.8. The van der Waals surface area contributed by atoms with E-state index in [1.165, 1.54) is 0 Å². The SMILES string of the molecule is CCN(CC(=O)NC(C)(C)C)C(=O)CCc1c(C)noc1C. The molecule has 0 atom stereocenters. The van der Waals surface area contributed by atoms with Gasteiger partial charge in [-0.25, -0.2) is 0 Å². The topological polar surface area (TPSA) is 75.4 Å². The maximum absolute atomic E-state index is 12.3. The van der Waals surface area contributed by atoms with Gasteiger partial charge < -0.3 is 14.7 Å². The summed E-state index contributed by atoms with van der Waals surface area (Å²) in [6, 6.07) is 0. The van der Waals surface area contributed by atoms with Crippen molar-refractivity contribution in [2.45, 2.75) is 59.9 Å². The smallest absolute Gasteiger partial charge is 0.240 e. The number of nitrogens with one attached hydrogen (secondary N) is 1. The van der Waals surface area contributed by atoms with Gasteiger partial charge in [0.2, 0.25) is 11.8 Å². The fraction of sp³-hybridized carbons (Fsp3) is 0.688. The van der Waals surface area contributed by atoms with Gasteiger partial charge in [-0.2, -0.15) is 0 Å². The van der Waals surface area contributed by atoms with Crippen LogP contribution in [0.25, 0.3) is 0 Å². The summed E-state index contributed by atoms with van der Waals surface area (Å²) in [6.45, 7) is 11.9. The molecule has 1 aromatic heterocycles. The van der Waals surface area contributed by atoms with Crippen LogP contribution in [-0.2, 0) is 16.0 Å². The molecule has 1 rings (SSSR count). The van der Waals surface area contributed by atoms with Gasteiger partial charge in [0.15, 0.2) is 0 Å². The highest BCUT2D eigenvalue weighted by Crippen LogP contribution is 2.15. The van der Waals surface area contributed by atoms with E-state index in [1.54, 1.807) is 4.90 Å². The third kappa shape index (κ3) is 5.50. The third-order valence-electron chi connectivity index (χ3n) is 3.35. The number of aryl methyl sites for hydroxylation is 2. The average Bonchev–Trinajstić information content (AvgIpc) is 2.70. The molecule has 0 saturated heterocycles. The summed E-state index contributed by atoms with van der Waals surface area (Å²) in [5.74, 6) is 0.574. The monoisotopic (exact) mass is 309 g/mol. The predicted molar refractivity (Wildman–Crippen MR) is 84.4 cm³/mol. The molecule has 0 aliphatic rings. The Morgan fingerprint density at radius 1 is 1.27 bits per heavy atom.